The van der Waals surface area contributed by atoms with Crippen LogP contribution in [0.3, 0.4) is 0 Å². The van der Waals surface area contributed by atoms with Crippen LogP contribution in [0.15, 0.2) is 18.3 Å². The minimum Gasteiger partial charge on any atom is -0.330 e. The van der Waals surface area contributed by atoms with Gasteiger partial charge in [0, 0.05) is 17.8 Å². The Morgan fingerprint density at radius 2 is 2.06 bits per heavy atom. The van der Waals surface area contributed by atoms with E-state index in [0.29, 0.717) is 5.82 Å². The molecular formula is C11H13N5. The van der Waals surface area contributed by atoms with E-state index >= 15 is 0 Å². The van der Waals surface area contributed by atoms with Crippen LogP contribution in [0.1, 0.15) is 18.5 Å². The van der Waals surface area contributed by atoms with E-state index < -0.39 is 0 Å². The predicted molar refractivity (Wildman–Crippen MR) is 60.3 cm³/mol. The molecule has 0 aromatic carbocycles. The van der Waals surface area contributed by atoms with Gasteiger partial charge in [-0.25, -0.2) is 4.98 Å². The van der Waals surface area contributed by atoms with Gasteiger partial charge >= 0.3 is 0 Å². The van der Waals surface area contributed by atoms with Crippen molar-refractivity contribution in [3.8, 4) is 12.1 Å². The molecule has 0 aliphatic carbocycles. The molecule has 16 heavy (non-hydrogen) atoms. The standard InChI is InChI=1S/C11H13N5/c1-9(14)10-3-2-6-15-11(10)16(7-4-12)8-5-13/h2-3,6,9H,7-8,14H2,1H3/t9-/m1/s1. The number of hydrogen-bond acceptors (Lipinski definition) is 5. The fourth-order valence-corrected chi connectivity index (χ4v) is 1.41. The van der Waals surface area contributed by atoms with Crippen LogP contribution in [0.25, 0.3) is 0 Å². The van der Waals surface area contributed by atoms with E-state index in [2.05, 4.69) is 4.98 Å². The average Bonchev–Trinajstić information content (AvgIpc) is 2.29. The number of rotatable bonds is 4. The van der Waals surface area contributed by atoms with Crippen molar-refractivity contribution >= 4 is 5.82 Å². The zero-order valence-corrected chi connectivity index (χ0v) is 9.09. The van der Waals surface area contributed by atoms with Crippen LogP contribution < -0.4 is 10.6 Å². The largest absolute Gasteiger partial charge is 0.330 e. The van der Waals surface area contributed by atoms with E-state index in [1.807, 2.05) is 25.1 Å². The Morgan fingerprint density at radius 3 is 2.56 bits per heavy atom. The van der Waals surface area contributed by atoms with Crippen molar-refractivity contribution in [1.29, 1.82) is 10.5 Å². The average molecular weight is 215 g/mol. The van der Waals surface area contributed by atoms with Gasteiger partial charge in [-0.15, -0.1) is 0 Å². The first-order valence-electron chi connectivity index (χ1n) is 4.90. The monoisotopic (exact) mass is 215 g/mol. The molecule has 1 aromatic rings. The van der Waals surface area contributed by atoms with E-state index in [1.165, 1.54) is 0 Å². The van der Waals surface area contributed by atoms with Gasteiger partial charge in [-0.05, 0) is 13.0 Å². The maximum Gasteiger partial charge on any atom is 0.134 e. The number of nitriles is 2. The van der Waals surface area contributed by atoms with Crippen LogP contribution in [0.5, 0.6) is 0 Å². The molecule has 82 valence electrons. The van der Waals surface area contributed by atoms with Crippen molar-refractivity contribution in [2.24, 2.45) is 5.73 Å². The van der Waals surface area contributed by atoms with Crippen LogP contribution in [-0.4, -0.2) is 18.1 Å². The highest BCUT2D eigenvalue weighted by molar-refractivity contribution is 5.49. The van der Waals surface area contributed by atoms with Gasteiger partial charge in [0.1, 0.15) is 18.9 Å². The van der Waals surface area contributed by atoms with Crippen LogP contribution >= 0.6 is 0 Å². The minimum atomic E-state index is -0.177. The second kappa shape index (κ2) is 5.69. The zero-order chi connectivity index (χ0) is 12.0. The van der Waals surface area contributed by atoms with Crippen molar-refractivity contribution in [2.45, 2.75) is 13.0 Å². The molecule has 0 saturated carbocycles. The highest BCUT2D eigenvalue weighted by Gasteiger charge is 2.14. The molecule has 0 spiro atoms. The van der Waals surface area contributed by atoms with Gasteiger partial charge in [0.15, 0.2) is 0 Å². The van der Waals surface area contributed by atoms with Crippen LogP contribution in [0.4, 0.5) is 5.82 Å². The normalized spacial score (nSPS) is 11.2. The molecule has 1 aromatic heterocycles. The molecular weight excluding hydrogens is 202 g/mol. The summed E-state index contributed by atoms with van der Waals surface area (Å²) in [7, 11) is 0. The summed E-state index contributed by atoms with van der Waals surface area (Å²) < 4.78 is 0. The summed E-state index contributed by atoms with van der Waals surface area (Å²) in [5.74, 6) is 0.612. The molecule has 0 aliphatic heterocycles. The van der Waals surface area contributed by atoms with Gasteiger partial charge in [0.05, 0.1) is 12.1 Å². The van der Waals surface area contributed by atoms with Gasteiger partial charge in [-0.2, -0.15) is 10.5 Å². The highest BCUT2D eigenvalue weighted by atomic mass is 15.2. The summed E-state index contributed by atoms with van der Waals surface area (Å²) in [6.45, 7) is 2.10. The molecule has 0 unspecified atom stereocenters. The second-order valence-electron chi connectivity index (χ2n) is 3.38. The zero-order valence-electron chi connectivity index (χ0n) is 9.09. The molecule has 0 amide bonds. The molecule has 1 rings (SSSR count). The Kier molecular flexibility index (Phi) is 4.26. The molecule has 5 nitrogen and oxygen atoms in total. The molecule has 2 N–H and O–H groups in total. The van der Waals surface area contributed by atoms with Gasteiger partial charge in [0.2, 0.25) is 0 Å². The van der Waals surface area contributed by atoms with E-state index in [-0.39, 0.29) is 19.1 Å². The van der Waals surface area contributed by atoms with Crippen LogP contribution in [0, 0.1) is 22.7 Å². The Morgan fingerprint density at radius 1 is 1.44 bits per heavy atom. The Balaban J connectivity index is 3.09. The summed E-state index contributed by atoms with van der Waals surface area (Å²) in [5, 5.41) is 17.4. The lowest BCUT2D eigenvalue weighted by molar-refractivity contribution is 0.794. The van der Waals surface area contributed by atoms with Crippen molar-refractivity contribution in [2.75, 3.05) is 18.0 Å². The summed E-state index contributed by atoms with van der Waals surface area (Å²) in [6, 6.07) is 7.49. The SMILES string of the molecule is C[C@@H](N)c1cccnc1N(CC#N)CC#N. The Labute approximate surface area is 94.7 Å². The number of nitrogens with zero attached hydrogens (tertiary/aromatic N) is 4. The number of nitrogens with two attached hydrogens (primary N) is 1. The molecule has 1 heterocycles. The fourth-order valence-electron chi connectivity index (χ4n) is 1.41. The van der Waals surface area contributed by atoms with Crippen LogP contribution in [0.2, 0.25) is 0 Å². The van der Waals surface area contributed by atoms with Gasteiger partial charge < -0.3 is 10.6 Å². The molecule has 1 atom stereocenters. The number of hydrogen-bond donors (Lipinski definition) is 1. The lowest BCUT2D eigenvalue weighted by Gasteiger charge is -2.21. The van der Waals surface area contributed by atoms with Crippen LogP contribution in [-0.2, 0) is 0 Å². The first-order chi connectivity index (χ1) is 7.70. The van der Waals surface area contributed by atoms with E-state index in [9.17, 15) is 0 Å². The smallest absolute Gasteiger partial charge is 0.134 e. The Hall–Kier alpha value is -2.11. The molecule has 0 fully saturated rings. The maximum absolute atomic E-state index is 8.69. The fraction of sp³-hybridized carbons (Fsp3) is 0.364. The third kappa shape index (κ3) is 2.69. The van der Waals surface area contributed by atoms with Crippen molar-refractivity contribution in [1.82, 2.24) is 4.98 Å². The lowest BCUT2D eigenvalue weighted by atomic mass is 10.1. The molecule has 0 saturated heterocycles. The topological polar surface area (TPSA) is 89.7 Å². The van der Waals surface area contributed by atoms with Gasteiger partial charge in [-0.3, -0.25) is 0 Å². The molecule has 5 heteroatoms. The van der Waals surface area contributed by atoms with Crippen molar-refractivity contribution < 1.29 is 0 Å². The van der Waals surface area contributed by atoms with Crippen molar-refractivity contribution in [3.05, 3.63) is 23.9 Å². The highest BCUT2D eigenvalue weighted by Crippen LogP contribution is 2.21. The molecule has 0 aliphatic rings. The first kappa shape index (κ1) is 12.0. The number of pyridine rings is 1. The molecule has 0 radical (unpaired) electrons. The van der Waals surface area contributed by atoms with E-state index in [0.717, 1.165) is 5.56 Å². The maximum atomic E-state index is 8.69. The second-order valence-corrected chi connectivity index (χ2v) is 3.38. The first-order valence-corrected chi connectivity index (χ1v) is 4.90. The third-order valence-electron chi connectivity index (χ3n) is 2.13. The van der Waals surface area contributed by atoms with E-state index in [1.54, 1.807) is 17.2 Å². The lowest BCUT2D eigenvalue weighted by Crippen LogP contribution is -2.27. The third-order valence-corrected chi connectivity index (χ3v) is 2.13. The predicted octanol–water partition coefficient (Wildman–Crippen LogP) is 0.955. The summed E-state index contributed by atoms with van der Waals surface area (Å²) >= 11 is 0. The van der Waals surface area contributed by atoms with E-state index in [4.69, 9.17) is 16.3 Å². The summed E-state index contributed by atoms with van der Waals surface area (Å²) in [4.78, 5) is 5.79. The number of anilines is 1. The van der Waals surface area contributed by atoms with Gasteiger partial charge in [-0.1, -0.05) is 6.07 Å². The quantitative estimate of drug-likeness (QED) is 0.755. The molecule has 0 bridgehead atoms. The van der Waals surface area contributed by atoms with Crippen molar-refractivity contribution in [3.63, 3.8) is 0 Å². The Bertz CT molecular complexity index is 411. The minimum absolute atomic E-state index is 0.129. The summed E-state index contributed by atoms with van der Waals surface area (Å²) in [5.41, 5.74) is 6.65. The van der Waals surface area contributed by atoms with Gasteiger partial charge in [0.25, 0.3) is 0 Å². The number of aromatic nitrogens is 1. The summed E-state index contributed by atoms with van der Waals surface area (Å²) in [6.07, 6.45) is 1.63.